The molecule has 0 saturated carbocycles. The summed E-state index contributed by atoms with van der Waals surface area (Å²) in [5.74, 6) is 0.636. The van der Waals surface area contributed by atoms with Crippen molar-refractivity contribution in [1.82, 2.24) is 14.8 Å². The minimum atomic E-state index is -0.486. The monoisotopic (exact) mass is 433 g/mol. The molecule has 4 rings (SSSR count). The minimum absolute atomic E-state index is 0.0239. The average Bonchev–Trinajstić information content (AvgIpc) is 3.44. The smallest absolute Gasteiger partial charge is 0.293 e. The molecule has 0 aliphatic rings. The number of anilines is 1. The van der Waals surface area contributed by atoms with Crippen LogP contribution in [0.4, 0.5) is 11.6 Å². The van der Waals surface area contributed by atoms with Crippen LogP contribution in [0, 0.1) is 17.0 Å². The Morgan fingerprint density at radius 3 is 2.59 bits per heavy atom. The molecular formula is C22H19N5O5. The lowest BCUT2D eigenvalue weighted by Gasteiger charge is -2.03. The van der Waals surface area contributed by atoms with Crippen LogP contribution in [0.3, 0.4) is 0 Å². The molecule has 0 radical (unpaired) electrons. The number of amides is 1. The van der Waals surface area contributed by atoms with Crippen LogP contribution in [0.25, 0.3) is 0 Å². The summed E-state index contributed by atoms with van der Waals surface area (Å²) in [6.07, 6.45) is 1.54. The first-order valence-corrected chi connectivity index (χ1v) is 9.68. The molecule has 0 bridgehead atoms. The summed E-state index contributed by atoms with van der Waals surface area (Å²) in [4.78, 5) is 26.7. The highest BCUT2D eigenvalue weighted by atomic mass is 16.6. The van der Waals surface area contributed by atoms with Crippen molar-refractivity contribution < 1.29 is 18.9 Å². The molecule has 0 atom stereocenters. The molecule has 32 heavy (non-hydrogen) atoms. The van der Waals surface area contributed by atoms with Gasteiger partial charge in [0.2, 0.25) is 5.95 Å². The van der Waals surface area contributed by atoms with Crippen LogP contribution in [0.15, 0.2) is 71.4 Å². The van der Waals surface area contributed by atoms with Crippen LogP contribution in [0.5, 0.6) is 5.75 Å². The molecule has 162 valence electrons. The molecule has 0 unspecified atom stereocenters. The summed E-state index contributed by atoms with van der Waals surface area (Å²) in [7, 11) is 0. The highest BCUT2D eigenvalue weighted by Crippen LogP contribution is 2.19. The zero-order valence-electron chi connectivity index (χ0n) is 17.1. The van der Waals surface area contributed by atoms with Crippen molar-refractivity contribution in [3.63, 3.8) is 0 Å². The molecule has 10 nitrogen and oxygen atoms in total. The number of hydrogen-bond acceptors (Lipinski definition) is 7. The van der Waals surface area contributed by atoms with Gasteiger partial charge in [-0.05, 0) is 36.8 Å². The van der Waals surface area contributed by atoms with E-state index in [9.17, 15) is 14.9 Å². The normalized spacial score (nSPS) is 10.7. The van der Waals surface area contributed by atoms with Gasteiger partial charge in [-0.25, -0.2) is 9.67 Å². The first-order chi connectivity index (χ1) is 15.5. The standard InChI is InChI=1S/C22H19N5O5/c1-15-2-4-16(5-3-15)12-26-14-23-22(25-26)24-21(28)20-11-10-19(32-20)13-31-18-8-6-17(7-9-18)27(29)30/h2-11,14H,12-13H2,1H3,(H,24,25,28). The van der Waals surface area contributed by atoms with E-state index in [1.807, 2.05) is 31.2 Å². The van der Waals surface area contributed by atoms with E-state index in [2.05, 4.69) is 15.4 Å². The molecule has 2 aromatic carbocycles. The zero-order chi connectivity index (χ0) is 22.5. The fourth-order valence-corrected chi connectivity index (χ4v) is 2.87. The van der Waals surface area contributed by atoms with Gasteiger partial charge in [-0.1, -0.05) is 29.8 Å². The Labute approximate surface area is 182 Å². The third-order valence-corrected chi connectivity index (χ3v) is 4.54. The Kier molecular flexibility index (Phi) is 5.93. The summed E-state index contributed by atoms with van der Waals surface area (Å²) in [6, 6.07) is 16.9. The van der Waals surface area contributed by atoms with E-state index in [4.69, 9.17) is 9.15 Å². The van der Waals surface area contributed by atoms with E-state index in [1.165, 1.54) is 35.9 Å². The van der Waals surface area contributed by atoms with Gasteiger partial charge in [-0.2, -0.15) is 0 Å². The average molecular weight is 433 g/mol. The fourth-order valence-electron chi connectivity index (χ4n) is 2.87. The Hall–Kier alpha value is -4.47. The summed E-state index contributed by atoms with van der Waals surface area (Å²) in [6.45, 7) is 2.62. The number of hydrogen-bond donors (Lipinski definition) is 1. The molecule has 0 spiro atoms. The number of nitro benzene ring substituents is 1. The number of nitrogens with one attached hydrogen (secondary N) is 1. The van der Waals surface area contributed by atoms with Gasteiger partial charge in [0, 0.05) is 12.1 Å². The minimum Gasteiger partial charge on any atom is -0.486 e. The lowest BCUT2D eigenvalue weighted by atomic mass is 10.1. The second kappa shape index (κ2) is 9.13. The summed E-state index contributed by atoms with van der Waals surface area (Å²) < 4.78 is 12.7. The maximum atomic E-state index is 12.4. The van der Waals surface area contributed by atoms with Gasteiger partial charge in [-0.15, -0.1) is 5.10 Å². The molecule has 4 aromatic rings. The number of carbonyl (C=O) groups excluding carboxylic acids is 1. The lowest BCUT2D eigenvalue weighted by Crippen LogP contribution is -2.12. The number of rotatable bonds is 8. The van der Waals surface area contributed by atoms with Gasteiger partial charge in [0.15, 0.2) is 5.76 Å². The van der Waals surface area contributed by atoms with E-state index in [0.29, 0.717) is 18.1 Å². The number of benzene rings is 2. The second-order valence-corrected chi connectivity index (χ2v) is 7.01. The Morgan fingerprint density at radius 2 is 1.88 bits per heavy atom. The van der Waals surface area contributed by atoms with E-state index >= 15 is 0 Å². The van der Waals surface area contributed by atoms with Crippen LogP contribution in [0.2, 0.25) is 0 Å². The van der Waals surface area contributed by atoms with Crippen molar-refractivity contribution in [2.24, 2.45) is 0 Å². The number of aryl methyl sites for hydroxylation is 1. The number of furan rings is 1. The van der Waals surface area contributed by atoms with Crippen LogP contribution in [0.1, 0.15) is 27.4 Å². The van der Waals surface area contributed by atoms with E-state index in [1.54, 1.807) is 17.1 Å². The second-order valence-electron chi connectivity index (χ2n) is 7.01. The Morgan fingerprint density at radius 1 is 1.12 bits per heavy atom. The topological polar surface area (TPSA) is 125 Å². The predicted octanol–water partition coefficient (Wildman–Crippen LogP) is 3.97. The van der Waals surface area contributed by atoms with Gasteiger partial charge in [0.1, 0.15) is 24.4 Å². The van der Waals surface area contributed by atoms with Crippen LogP contribution in [-0.2, 0) is 13.2 Å². The number of ether oxygens (including phenoxy) is 1. The third-order valence-electron chi connectivity index (χ3n) is 4.54. The van der Waals surface area contributed by atoms with Gasteiger partial charge in [0.05, 0.1) is 11.5 Å². The van der Waals surface area contributed by atoms with Crippen molar-refractivity contribution >= 4 is 17.5 Å². The van der Waals surface area contributed by atoms with Gasteiger partial charge >= 0.3 is 0 Å². The molecule has 1 N–H and O–H groups in total. The van der Waals surface area contributed by atoms with Crippen molar-refractivity contribution in [1.29, 1.82) is 0 Å². The summed E-state index contributed by atoms with van der Waals surface area (Å²) in [5, 5.41) is 17.5. The highest BCUT2D eigenvalue weighted by molar-refractivity contribution is 6.01. The number of nitrogens with zero attached hydrogens (tertiary/aromatic N) is 4. The molecule has 2 aromatic heterocycles. The van der Waals surface area contributed by atoms with Crippen molar-refractivity contribution in [3.8, 4) is 5.75 Å². The predicted molar refractivity (Wildman–Crippen MR) is 114 cm³/mol. The molecular weight excluding hydrogens is 414 g/mol. The maximum Gasteiger partial charge on any atom is 0.293 e. The van der Waals surface area contributed by atoms with E-state index < -0.39 is 10.8 Å². The molecule has 0 fully saturated rings. The van der Waals surface area contributed by atoms with Gasteiger partial charge in [0.25, 0.3) is 11.6 Å². The van der Waals surface area contributed by atoms with E-state index in [-0.39, 0.29) is 24.0 Å². The van der Waals surface area contributed by atoms with E-state index in [0.717, 1.165) is 5.56 Å². The summed E-state index contributed by atoms with van der Waals surface area (Å²) in [5.41, 5.74) is 2.22. The number of non-ortho nitro benzene ring substituents is 1. The zero-order valence-corrected chi connectivity index (χ0v) is 17.1. The largest absolute Gasteiger partial charge is 0.486 e. The van der Waals surface area contributed by atoms with Crippen molar-refractivity contribution in [2.45, 2.75) is 20.1 Å². The van der Waals surface area contributed by atoms with Crippen molar-refractivity contribution in [3.05, 3.63) is 99.8 Å². The quantitative estimate of drug-likeness (QED) is 0.329. The first-order valence-electron chi connectivity index (χ1n) is 9.68. The summed E-state index contributed by atoms with van der Waals surface area (Å²) >= 11 is 0. The molecule has 0 aliphatic carbocycles. The number of aromatic nitrogens is 3. The SMILES string of the molecule is Cc1ccc(Cn2cnc(NC(=O)c3ccc(COc4ccc([N+](=O)[O-])cc4)o3)n2)cc1. The molecule has 0 aliphatic heterocycles. The third kappa shape index (κ3) is 5.17. The molecule has 1 amide bonds. The van der Waals surface area contributed by atoms with Crippen LogP contribution in [-0.4, -0.2) is 25.6 Å². The Balaban J connectivity index is 1.31. The van der Waals surface area contributed by atoms with Gasteiger partial charge < -0.3 is 9.15 Å². The molecule has 0 saturated heterocycles. The van der Waals surface area contributed by atoms with Crippen LogP contribution >= 0.6 is 0 Å². The molecule has 10 heteroatoms. The Bertz CT molecular complexity index is 1230. The van der Waals surface area contributed by atoms with Crippen LogP contribution < -0.4 is 10.1 Å². The molecule has 2 heterocycles. The van der Waals surface area contributed by atoms with Crippen molar-refractivity contribution in [2.75, 3.05) is 5.32 Å². The first kappa shape index (κ1) is 20.8. The number of nitro groups is 1. The highest BCUT2D eigenvalue weighted by Gasteiger charge is 2.14. The maximum absolute atomic E-state index is 12.4. The number of carbonyl (C=O) groups is 1. The van der Waals surface area contributed by atoms with Gasteiger partial charge in [-0.3, -0.25) is 20.2 Å². The lowest BCUT2D eigenvalue weighted by molar-refractivity contribution is -0.384. The fraction of sp³-hybridized carbons (Fsp3) is 0.136.